The lowest BCUT2D eigenvalue weighted by molar-refractivity contribution is 0.00578. The van der Waals surface area contributed by atoms with Crippen LogP contribution in [0.25, 0.3) is 5.57 Å². The lowest BCUT2D eigenvalue weighted by atomic mass is 9.49. The van der Waals surface area contributed by atoms with Crippen LogP contribution in [0.4, 0.5) is 0 Å². The third-order valence-corrected chi connectivity index (χ3v) is 19.3. The second-order valence-electron chi connectivity index (χ2n) is 27.7. The maximum atomic E-state index is 13.0. The number of aryl methyl sites for hydroxylation is 2. The van der Waals surface area contributed by atoms with Crippen molar-refractivity contribution in [3.8, 4) is 0 Å². The monoisotopic (exact) mass is 1120 g/mol. The van der Waals surface area contributed by atoms with Crippen LogP contribution in [0.15, 0.2) is 79.4 Å². The van der Waals surface area contributed by atoms with E-state index in [1.807, 2.05) is 79.7 Å². The summed E-state index contributed by atoms with van der Waals surface area (Å²) in [5.74, 6) is 0.130. The van der Waals surface area contributed by atoms with Crippen molar-refractivity contribution in [3.63, 3.8) is 0 Å². The van der Waals surface area contributed by atoms with Crippen molar-refractivity contribution in [2.24, 2.45) is 0 Å². The van der Waals surface area contributed by atoms with Gasteiger partial charge in [0.15, 0.2) is 5.78 Å². The summed E-state index contributed by atoms with van der Waals surface area (Å²) in [6.45, 7) is 52.1. The highest BCUT2D eigenvalue weighted by Gasteiger charge is 2.64. The van der Waals surface area contributed by atoms with Gasteiger partial charge in [0.05, 0.1) is 33.6 Å². The Balaban J connectivity index is 0.000000169. The molecule has 0 unspecified atom stereocenters. The van der Waals surface area contributed by atoms with Crippen LogP contribution < -0.4 is 5.46 Å². The molecule has 0 saturated carbocycles. The van der Waals surface area contributed by atoms with Gasteiger partial charge in [0, 0.05) is 14.7 Å². The number of carbonyl (C=O) groups is 1. The molecule has 5 aliphatic rings. The van der Waals surface area contributed by atoms with Crippen molar-refractivity contribution < 1.29 is 32.7 Å². The van der Waals surface area contributed by atoms with Crippen LogP contribution in [0.1, 0.15) is 225 Å². The molecule has 2 aliphatic carbocycles. The number of halogens is 1. The molecule has 0 spiro atoms. The average Bonchev–Trinajstić information content (AvgIpc) is 3.76. The summed E-state index contributed by atoms with van der Waals surface area (Å²) >= 11 is 2.27. The minimum atomic E-state index is -0.476. The maximum absolute atomic E-state index is 13.0. The molecule has 3 fully saturated rings. The summed E-state index contributed by atoms with van der Waals surface area (Å²) < 4.78 is 37.4. The zero-order chi connectivity index (χ0) is 55.4. The first-order valence-corrected chi connectivity index (χ1v) is 28.2. The van der Waals surface area contributed by atoms with Crippen molar-refractivity contribution in [1.29, 1.82) is 0 Å². The second-order valence-corrected chi connectivity index (χ2v) is 29.0. The molecule has 3 heterocycles. The predicted molar refractivity (Wildman–Crippen MR) is 318 cm³/mol. The van der Waals surface area contributed by atoms with E-state index in [0.29, 0.717) is 0 Å². The predicted octanol–water partition coefficient (Wildman–Crippen LogP) is 15.1. The first kappa shape index (κ1) is 58.7. The van der Waals surface area contributed by atoms with Gasteiger partial charge < -0.3 is 27.9 Å². The van der Waals surface area contributed by atoms with Gasteiger partial charge in [-0.05, 0) is 253 Å². The van der Waals surface area contributed by atoms with Gasteiger partial charge in [0.2, 0.25) is 0 Å². The lowest BCUT2D eigenvalue weighted by Crippen LogP contribution is -2.41. The molecule has 0 radical (unpaired) electrons. The summed E-state index contributed by atoms with van der Waals surface area (Å²) in [4.78, 5) is 13.0. The summed E-state index contributed by atoms with van der Waals surface area (Å²) in [5, 5.41) is 0. The largest absolute Gasteiger partial charge is 0.494 e. The number of carbonyl (C=O) groups excluding carboxylic acids is 1. The third kappa shape index (κ3) is 11.3. The highest BCUT2D eigenvalue weighted by Crippen LogP contribution is 2.49. The molecule has 0 aromatic heterocycles. The normalized spacial score (nSPS) is 23.4. The van der Waals surface area contributed by atoms with Crippen molar-refractivity contribution in [3.05, 3.63) is 139 Å². The molecule has 3 aliphatic heterocycles. The molecule has 0 atom stereocenters. The Labute approximate surface area is 462 Å². The quantitative estimate of drug-likeness (QED) is 0.108. The fourth-order valence-corrected chi connectivity index (χ4v) is 11.1. The Morgan fingerprint density at radius 3 is 1.09 bits per heavy atom. The summed E-state index contributed by atoms with van der Waals surface area (Å²) in [6, 6.07) is 25.6. The molecular formula is C63H88B3IO7. The third-order valence-electron chi connectivity index (χ3n) is 18.6. The molecule has 7 nitrogen and oxygen atoms in total. The molecule has 3 saturated heterocycles. The lowest BCUT2D eigenvalue weighted by Gasteiger charge is -2.42. The zero-order valence-electron chi connectivity index (χ0n) is 49.4. The van der Waals surface area contributed by atoms with Crippen LogP contribution in [-0.4, -0.2) is 60.5 Å². The van der Waals surface area contributed by atoms with Gasteiger partial charge in [-0.25, -0.2) is 0 Å². The molecular weight excluding hydrogens is 1030 g/mol. The fraction of sp³-hybridized carbons (Fsp3) is 0.571. The first-order valence-electron chi connectivity index (χ1n) is 27.1. The van der Waals surface area contributed by atoms with E-state index >= 15 is 0 Å². The van der Waals surface area contributed by atoms with E-state index < -0.39 is 14.0 Å². The molecule has 0 amide bonds. The van der Waals surface area contributed by atoms with Crippen LogP contribution in [0.3, 0.4) is 0 Å². The van der Waals surface area contributed by atoms with Crippen LogP contribution in [0.5, 0.6) is 0 Å². The van der Waals surface area contributed by atoms with Gasteiger partial charge in [0.1, 0.15) is 0 Å². The summed E-state index contributed by atoms with van der Waals surface area (Å²) in [5.41, 5.74) is 12.9. The van der Waals surface area contributed by atoms with Gasteiger partial charge >= 0.3 is 21.1 Å². The number of fused-ring (bicyclic) bond motifs is 2. The SMILES string of the molecule is C=C(c1ccc(B2OC(C)(C)C(C)(C)O2)cc1)c1cc2c(cc1C)C(C)(C)CCC2(C)C.CC1(C)OB(B2OC(C)(C)C(C)(C)O2)OC1(C)C.Cc1cc2c(cc1C(=O)c1ccc(I)cc1)C(C)(C)CCC2(C)C. The molecule has 0 bridgehead atoms. The molecule has 74 heavy (non-hydrogen) atoms. The van der Waals surface area contributed by atoms with Crippen LogP contribution in [0.2, 0.25) is 0 Å². The summed E-state index contributed by atoms with van der Waals surface area (Å²) in [6.07, 6.45) is 4.79. The maximum Gasteiger partial charge on any atom is 0.494 e. The van der Waals surface area contributed by atoms with E-state index in [0.717, 1.165) is 43.3 Å². The minimum Gasteiger partial charge on any atom is -0.405 e. The number of ketones is 1. The Morgan fingerprint density at radius 1 is 0.432 bits per heavy atom. The smallest absolute Gasteiger partial charge is 0.405 e. The standard InChI is InChI=1S/C29H39BO2.C22H25IO.C12H24B2O4/c1-19-17-24-25(27(5,6)16-15-26(24,3)4)18-23(19)20(2)21-11-13-22(14-12-21)30-31-28(7,8)29(9,10)32-30;1-14-12-18-19(22(4,5)11-10-21(18,2)3)13-17(14)20(24)15-6-8-16(23)9-7-15;1-9(2)10(3,4)16-13(15-9)14-17-11(5,6)12(7,8)18-14/h11-14,17-18H,2,15-16H2,1,3-10H3;6-9,12-13H,10-11H2,1-5H3;1-8H3. The van der Waals surface area contributed by atoms with Crippen molar-refractivity contribution >= 4 is 60.5 Å². The first-order chi connectivity index (χ1) is 33.6. The summed E-state index contributed by atoms with van der Waals surface area (Å²) in [7, 11) is -1.29. The van der Waals surface area contributed by atoms with E-state index in [2.05, 4.69) is 175 Å². The molecule has 9 rings (SSSR count). The molecule has 4 aromatic carbocycles. The van der Waals surface area contributed by atoms with Crippen molar-refractivity contribution in [1.82, 2.24) is 0 Å². The Bertz CT molecular complexity index is 2700. The van der Waals surface area contributed by atoms with Gasteiger partial charge in [0.25, 0.3) is 0 Å². The number of benzene rings is 4. The van der Waals surface area contributed by atoms with Gasteiger partial charge in [-0.3, -0.25) is 4.79 Å². The van der Waals surface area contributed by atoms with Crippen LogP contribution in [-0.2, 0) is 49.6 Å². The van der Waals surface area contributed by atoms with E-state index in [-0.39, 0.29) is 68.2 Å². The second kappa shape index (κ2) is 19.7. The number of rotatable bonds is 6. The van der Waals surface area contributed by atoms with Crippen LogP contribution >= 0.6 is 22.6 Å². The highest BCUT2D eigenvalue weighted by atomic mass is 127. The van der Waals surface area contributed by atoms with Gasteiger partial charge in [-0.15, -0.1) is 0 Å². The van der Waals surface area contributed by atoms with Crippen molar-refractivity contribution in [2.45, 2.75) is 233 Å². The Hall–Kier alpha value is -3.03. The van der Waals surface area contributed by atoms with E-state index in [9.17, 15) is 4.79 Å². The number of hydrogen-bond donors (Lipinski definition) is 0. The Kier molecular flexibility index (Phi) is 15.6. The Morgan fingerprint density at radius 2 is 0.730 bits per heavy atom. The highest BCUT2D eigenvalue weighted by molar-refractivity contribution is 14.1. The topological polar surface area (TPSA) is 72.5 Å². The van der Waals surface area contributed by atoms with E-state index in [1.165, 1.54) is 52.6 Å². The number of hydrogen-bond acceptors (Lipinski definition) is 7. The van der Waals surface area contributed by atoms with Crippen molar-refractivity contribution in [2.75, 3.05) is 0 Å². The van der Waals surface area contributed by atoms with E-state index in [1.54, 1.807) is 0 Å². The fourth-order valence-electron chi connectivity index (χ4n) is 10.7. The van der Waals surface area contributed by atoms with Crippen LogP contribution in [0, 0.1) is 17.4 Å². The average molecular weight is 1120 g/mol. The zero-order valence-corrected chi connectivity index (χ0v) is 51.6. The van der Waals surface area contributed by atoms with Gasteiger partial charge in [-0.1, -0.05) is 104 Å². The van der Waals surface area contributed by atoms with Gasteiger partial charge in [-0.2, -0.15) is 0 Å². The molecule has 11 heteroatoms. The molecule has 0 N–H and O–H groups in total. The molecule has 4 aromatic rings. The minimum absolute atomic E-state index is 0.125. The van der Waals surface area contributed by atoms with E-state index in [4.69, 9.17) is 27.9 Å². The molecule has 398 valence electrons.